The van der Waals surface area contributed by atoms with Gasteiger partial charge >= 0.3 is 5.97 Å². The first kappa shape index (κ1) is 20.6. The number of hydrogen-bond donors (Lipinski definition) is 0. The molecule has 0 saturated carbocycles. The maximum atomic E-state index is 13.0. The fourth-order valence-electron chi connectivity index (χ4n) is 2.80. The minimum Gasteiger partial charge on any atom is -0.495 e. The van der Waals surface area contributed by atoms with Gasteiger partial charge in [0, 0.05) is 18.1 Å². The Labute approximate surface area is 168 Å². The molecule has 0 spiro atoms. The summed E-state index contributed by atoms with van der Waals surface area (Å²) in [6.45, 7) is 1.23. The molecule has 2 aromatic rings. The maximum Gasteiger partial charge on any atom is 0.315 e. The molecule has 1 saturated heterocycles. The second-order valence-corrected chi connectivity index (χ2v) is 8.45. The Balaban J connectivity index is 1.80. The molecule has 1 aliphatic rings. The van der Waals surface area contributed by atoms with Crippen molar-refractivity contribution >= 4 is 27.6 Å². The molecule has 28 heavy (non-hydrogen) atoms. The molecular weight excluding hydrogens is 406 g/mol. The molecule has 2 aromatic carbocycles. The Hall–Kier alpha value is -2.13. The average Bonchev–Trinajstić information content (AvgIpc) is 2.70. The zero-order valence-corrected chi connectivity index (χ0v) is 16.8. The van der Waals surface area contributed by atoms with Gasteiger partial charge in [-0.25, -0.2) is 8.42 Å². The highest BCUT2D eigenvalue weighted by molar-refractivity contribution is 7.89. The van der Waals surface area contributed by atoms with Crippen LogP contribution in [0, 0.1) is 0 Å². The van der Waals surface area contributed by atoms with Crippen LogP contribution >= 0.6 is 11.6 Å². The van der Waals surface area contributed by atoms with Crippen LogP contribution in [0.3, 0.4) is 0 Å². The number of morpholine rings is 1. The van der Waals surface area contributed by atoms with Gasteiger partial charge in [-0.1, -0.05) is 17.7 Å². The highest BCUT2D eigenvalue weighted by Crippen LogP contribution is 2.29. The van der Waals surface area contributed by atoms with Gasteiger partial charge in [0.25, 0.3) is 0 Å². The number of carbonyl (C=O) groups is 1. The van der Waals surface area contributed by atoms with Crippen LogP contribution in [-0.2, 0) is 26.0 Å². The smallest absolute Gasteiger partial charge is 0.315 e. The number of sulfonamides is 1. The zero-order chi connectivity index (χ0) is 20.1. The lowest BCUT2D eigenvalue weighted by atomic mass is 10.1. The topological polar surface area (TPSA) is 82.1 Å². The van der Waals surface area contributed by atoms with Crippen molar-refractivity contribution in [2.45, 2.75) is 11.3 Å². The number of ether oxygens (including phenoxy) is 3. The van der Waals surface area contributed by atoms with Gasteiger partial charge in [-0.05, 0) is 42.0 Å². The van der Waals surface area contributed by atoms with E-state index in [9.17, 15) is 13.2 Å². The van der Waals surface area contributed by atoms with E-state index in [2.05, 4.69) is 0 Å². The summed E-state index contributed by atoms with van der Waals surface area (Å²) in [5.74, 6) is 0.0765. The quantitative estimate of drug-likeness (QED) is 0.522. The summed E-state index contributed by atoms with van der Waals surface area (Å²) in [6, 6.07) is 11.0. The molecule has 9 heteroatoms. The summed E-state index contributed by atoms with van der Waals surface area (Å²) >= 11 is 5.81. The number of hydrogen-bond acceptors (Lipinski definition) is 6. The lowest BCUT2D eigenvalue weighted by Crippen LogP contribution is -2.40. The van der Waals surface area contributed by atoms with Gasteiger partial charge in [0.2, 0.25) is 10.0 Å². The van der Waals surface area contributed by atoms with E-state index in [1.807, 2.05) is 0 Å². The number of nitrogens with zero attached hydrogens (tertiary/aromatic N) is 1. The van der Waals surface area contributed by atoms with Gasteiger partial charge in [0.1, 0.15) is 16.4 Å². The van der Waals surface area contributed by atoms with E-state index in [-0.39, 0.29) is 30.2 Å². The van der Waals surface area contributed by atoms with Crippen LogP contribution < -0.4 is 9.47 Å². The molecule has 1 fully saturated rings. The van der Waals surface area contributed by atoms with Crippen molar-refractivity contribution in [1.82, 2.24) is 4.31 Å². The highest BCUT2D eigenvalue weighted by atomic mass is 35.5. The minimum absolute atomic E-state index is 0.0219. The van der Waals surface area contributed by atoms with Crippen LogP contribution in [-0.4, -0.2) is 52.1 Å². The van der Waals surface area contributed by atoms with E-state index in [4.69, 9.17) is 25.8 Å². The Morgan fingerprint density at radius 1 is 1.14 bits per heavy atom. The fraction of sp³-hybridized carbons (Fsp3) is 0.316. The first-order chi connectivity index (χ1) is 13.4. The zero-order valence-electron chi connectivity index (χ0n) is 15.3. The van der Waals surface area contributed by atoms with Gasteiger partial charge in [-0.2, -0.15) is 4.31 Å². The molecule has 0 N–H and O–H groups in total. The van der Waals surface area contributed by atoms with Crippen molar-refractivity contribution in [3.8, 4) is 11.5 Å². The molecule has 0 aromatic heterocycles. The van der Waals surface area contributed by atoms with E-state index < -0.39 is 16.0 Å². The first-order valence-electron chi connectivity index (χ1n) is 8.61. The molecule has 150 valence electrons. The average molecular weight is 426 g/mol. The molecule has 3 rings (SSSR count). The molecule has 0 unspecified atom stereocenters. The van der Waals surface area contributed by atoms with Crippen LogP contribution in [0.1, 0.15) is 5.56 Å². The van der Waals surface area contributed by atoms with Crippen molar-refractivity contribution in [3.63, 3.8) is 0 Å². The van der Waals surface area contributed by atoms with Crippen LogP contribution in [0.4, 0.5) is 0 Å². The third-order valence-corrected chi connectivity index (χ3v) is 6.38. The second-order valence-electron chi connectivity index (χ2n) is 6.11. The Kier molecular flexibility index (Phi) is 6.56. The van der Waals surface area contributed by atoms with E-state index in [1.54, 1.807) is 30.3 Å². The van der Waals surface area contributed by atoms with Gasteiger partial charge < -0.3 is 14.2 Å². The molecule has 0 aliphatic carbocycles. The second kappa shape index (κ2) is 8.91. The van der Waals surface area contributed by atoms with E-state index in [1.165, 1.54) is 23.5 Å². The Morgan fingerprint density at radius 2 is 1.82 bits per heavy atom. The Bertz CT molecular complexity index is 939. The minimum atomic E-state index is -3.77. The van der Waals surface area contributed by atoms with Crippen molar-refractivity contribution < 1.29 is 27.4 Å². The highest BCUT2D eigenvalue weighted by Gasteiger charge is 2.29. The molecule has 0 radical (unpaired) electrons. The molecule has 0 amide bonds. The van der Waals surface area contributed by atoms with Gasteiger partial charge in [-0.3, -0.25) is 4.79 Å². The first-order valence-corrected chi connectivity index (χ1v) is 10.4. The van der Waals surface area contributed by atoms with Gasteiger partial charge in [0.15, 0.2) is 0 Å². The molecule has 1 heterocycles. The monoisotopic (exact) mass is 425 g/mol. The summed E-state index contributed by atoms with van der Waals surface area (Å²) in [4.78, 5) is 12.2. The summed E-state index contributed by atoms with van der Waals surface area (Å²) in [7, 11) is -2.36. The normalized spacial score (nSPS) is 15.2. The van der Waals surface area contributed by atoms with E-state index in [0.717, 1.165) is 0 Å². The molecular formula is C19H20ClNO6S. The molecule has 0 bridgehead atoms. The predicted molar refractivity (Wildman–Crippen MR) is 103 cm³/mol. The SMILES string of the molecule is COc1ccc(CC(=O)Oc2ccc(Cl)cc2)cc1S(=O)(=O)N1CCOCC1. The number of benzene rings is 2. The van der Waals surface area contributed by atoms with Crippen molar-refractivity contribution in [1.29, 1.82) is 0 Å². The van der Waals surface area contributed by atoms with Crippen LogP contribution in [0.5, 0.6) is 11.5 Å². The molecule has 0 atom stereocenters. The van der Waals surface area contributed by atoms with Gasteiger partial charge in [0.05, 0.1) is 26.7 Å². The maximum absolute atomic E-state index is 13.0. The fourth-order valence-corrected chi connectivity index (χ4v) is 4.54. The van der Waals surface area contributed by atoms with E-state index >= 15 is 0 Å². The summed E-state index contributed by atoms with van der Waals surface area (Å²) in [5, 5.41) is 0.535. The van der Waals surface area contributed by atoms with Crippen LogP contribution in [0.25, 0.3) is 0 Å². The van der Waals surface area contributed by atoms with Crippen LogP contribution in [0.2, 0.25) is 5.02 Å². The standard InChI is InChI=1S/C19H20ClNO6S/c1-25-17-7-2-14(13-19(22)27-16-5-3-15(20)4-6-16)12-18(17)28(23,24)21-8-10-26-11-9-21/h2-7,12H,8-11,13H2,1H3. The number of esters is 1. The molecule has 7 nitrogen and oxygen atoms in total. The number of methoxy groups -OCH3 is 1. The summed E-state index contributed by atoms with van der Waals surface area (Å²) in [6.07, 6.45) is -0.0851. The number of rotatable bonds is 6. The number of carbonyl (C=O) groups excluding carboxylic acids is 1. The van der Waals surface area contributed by atoms with Crippen LogP contribution in [0.15, 0.2) is 47.4 Å². The number of halogens is 1. The van der Waals surface area contributed by atoms with Crippen molar-refractivity contribution in [2.24, 2.45) is 0 Å². The lowest BCUT2D eigenvalue weighted by Gasteiger charge is -2.26. The predicted octanol–water partition coefficient (Wildman–Crippen LogP) is 2.52. The van der Waals surface area contributed by atoms with Crippen molar-refractivity contribution in [3.05, 3.63) is 53.1 Å². The van der Waals surface area contributed by atoms with Gasteiger partial charge in [-0.15, -0.1) is 0 Å². The largest absolute Gasteiger partial charge is 0.495 e. The lowest BCUT2D eigenvalue weighted by molar-refractivity contribution is -0.133. The van der Waals surface area contributed by atoms with E-state index in [0.29, 0.717) is 29.5 Å². The molecule has 1 aliphatic heterocycles. The van der Waals surface area contributed by atoms with Crippen molar-refractivity contribution in [2.75, 3.05) is 33.4 Å². The third-order valence-electron chi connectivity index (χ3n) is 4.21. The summed E-state index contributed by atoms with van der Waals surface area (Å²) in [5.41, 5.74) is 0.506. The summed E-state index contributed by atoms with van der Waals surface area (Å²) < 4.78 is 43.0. The third kappa shape index (κ3) is 4.82. The Morgan fingerprint density at radius 3 is 2.46 bits per heavy atom.